The van der Waals surface area contributed by atoms with Crippen molar-refractivity contribution in [2.75, 3.05) is 13.1 Å². The Morgan fingerprint density at radius 1 is 1.30 bits per heavy atom. The number of hydrogen-bond donors (Lipinski definition) is 4. The van der Waals surface area contributed by atoms with Crippen molar-refractivity contribution in [1.82, 2.24) is 0 Å². The second kappa shape index (κ2) is 7.59. The van der Waals surface area contributed by atoms with E-state index < -0.39 is 23.3 Å². The summed E-state index contributed by atoms with van der Waals surface area (Å²) in [6, 6.07) is 0. The van der Waals surface area contributed by atoms with Crippen LogP contribution in [-0.2, 0) is 9.59 Å². The van der Waals surface area contributed by atoms with E-state index in [4.69, 9.17) is 16.6 Å². The van der Waals surface area contributed by atoms with Gasteiger partial charge in [-0.15, -0.1) is 0 Å². The lowest BCUT2D eigenvalue weighted by molar-refractivity contribution is -0.149. The van der Waals surface area contributed by atoms with E-state index in [1.165, 1.54) is 0 Å². The van der Waals surface area contributed by atoms with Crippen LogP contribution < -0.4 is 11.5 Å². The van der Waals surface area contributed by atoms with E-state index in [9.17, 15) is 14.7 Å². The summed E-state index contributed by atoms with van der Waals surface area (Å²) in [6.45, 7) is 0.886. The molecule has 20 heavy (non-hydrogen) atoms. The lowest BCUT2D eigenvalue weighted by atomic mass is 9.61. The number of hydrogen-bond acceptors (Lipinski definition) is 4. The molecule has 0 amide bonds. The summed E-state index contributed by atoms with van der Waals surface area (Å²) in [7, 11) is 0. The first-order chi connectivity index (χ1) is 9.45. The number of rotatable bonds is 8. The van der Waals surface area contributed by atoms with Crippen LogP contribution in [0.5, 0.6) is 0 Å². The highest BCUT2D eigenvalue weighted by molar-refractivity contribution is 5.71. The van der Waals surface area contributed by atoms with Crippen LogP contribution in [0.4, 0.5) is 0 Å². The lowest BCUT2D eigenvalue weighted by Crippen LogP contribution is -2.46. The Morgan fingerprint density at radius 3 is 2.50 bits per heavy atom. The Morgan fingerprint density at radius 2 is 2.00 bits per heavy atom. The fraction of sp³-hybridized carbons (Fsp3) is 0.857. The van der Waals surface area contributed by atoms with Crippen LogP contribution in [0.1, 0.15) is 44.9 Å². The Labute approximate surface area is 119 Å². The first kappa shape index (κ1) is 16.9. The smallest absolute Gasteiger partial charge is 0.307 e. The van der Waals surface area contributed by atoms with Gasteiger partial charge in [-0.3, -0.25) is 9.59 Å². The Balaban J connectivity index is 2.79. The van der Waals surface area contributed by atoms with Gasteiger partial charge < -0.3 is 21.7 Å². The molecule has 0 aromatic carbocycles. The quantitative estimate of drug-likeness (QED) is 0.528. The summed E-state index contributed by atoms with van der Waals surface area (Å²) in [5.41, 5.74) is 11.2. The second-order valence-electron chi connectivity index (χ2n) is 5.94. The van der Waals surface area contributed by atoms with E-state index >= 15 is 0 Å². The number of carboxylic acids is 2. The highest BCUT2D eigenvalue weighted by Crippen LogP contribution is 2.46. The molecule has 6 N–H and O–H groups in total. The standard InChI is InChI=1S/C14H26N2O4/c15-8-10-3-2-6-14(7-10,9-16)11(13(19)20)4-1-5-12(17)18/h10-11H,1-9,15-16H2,(H,17,18)(H,19,20). The Kier molecular flexibility index (Phi) is 6.42. The minimum Gasteiger partial charge on any atom is -0.481 e. The largest absolute Gasteiger partial charge is 0.481 e. The molecule has 0 bridgehead atoms. The number of nitrogens with two attached hydrogens (primary N) is 2. The molecular formula is C14H26N2O4. The first-order valence-electron chi connectivity index (χ1n) is 7.30. The number of carboxylic acid groups (broad SMARTS) is 2. The Bertz CT molecular complexity index is 348. The third-order valence-electron chi connectivity index (χ3n) is 4.64. The fourth-order valence-corrected chi connectivity index (χ4v) is 3.52. The van der Waals surface area contributed by atoms with Gasteiger partial charge in [0.25, 0.3) is 0 Å². The average Bonchev–Trinajstić information content (AvgIpc) is 2.42. The van der Waals surface area contributed by atoms with Gasteiger partial charge in [0.05, 0.1) is 5.92 Å². The molecule has 3 unspecified atom stereocenters. The van der Waals surface area contributed by atoms with Crippen LogP contribution in [0.15, 0.2) is 0 Å². The van der Waals surface area contributed by atoms with Gasteiger partial charge in [-0.05, 0) is 56.5 Å². The molecule has 1 aliphatic carbocycles. The molecule has 0 radical (unpaired) electrons. The summed E-state index contributed by atoms with van der Waals surface area (Å²) >= 11 is 0. The van der Waals surface area contributed by atoms with Gasteiger partial charge in [-0.2, -0.15) is 0 Å². The maximum Gasteiger partial charge on any atom is 0.307 e. The van der Waals surface area contributed by atoms with Crippen molar-refractivity contribution >= 4 is 11.9 Å². The van der Waals surface area contributed by atoms with Crippen molar-refractivity contribution in [3.05, 3.63) is 0 Å². The summed E-state index contributed by atoms with van der Waals surface area (Å²) in [4.78, 5) is 22.2. The molecule has 3 atom stereocenters. The van der Waals surface area contributed by atoms with E-state index in [-0.39, 0.29) is 6.42 Å². The predicted octanol–water partition coefficient (Wildman–Crippen LogP) is 1.04. The number of carbonyl (C=O) groups is 2. The van der Waals surface area contributed by atoms with Crippen LogP contribution in [0.3, 0.4) is 0 Å². The summed E-state index contributed by atoms with van der Waals surface area (Å²) < 4.78 is 0. The van der Waals surface area contributed by atoms with Gasteiger partial charge in [-0.25, -0.2) is 0 Å². The molecule has 1 aliphatic rings. The molecule has 1 fully saturated rings. The zero-order valence-electron chi connectivity index (χ0n) is 11.9. The van der Waals surface area contributed by atoms with Crippen molar-refractivity contribution in [3.8, 4) is 0 Å². The average molecular weight is 286 g/mol. The fourth-order valence-electron chi connectivity index (χ4n) is 3.52. The van der Waals surface area contributed by atoms with Gasteiger partial charge in [-0.1, -0.05) is 6.42 Å². The van der Waals surface area contributed by atoms with E-state index in [0.29, 0.717) is 31.8 Å². The van der Waals surface area contributed by atoms with Gasteiger partial charge >= 0.3 is 11.9 Å². The van der Waals surface area contributed by atoms with Crippen molar-refractivity contribution in [1.29, 1.82) is 0 Å². The Hall–Kier alpha value is -1.14. The molecule has 6 heteroatoms. The zero-order valence-corrected chi connectivity index (χ0v) is 11.9. The third-order valence-corrected chi connectivity index (χ3v) is 4.64. The van der Waals surface area contributed by atoms with Crippen LogP contribution in [0.25, 0.3) is 0 Å². The molecule has 0 aromatic heterocycles. The van der Waals surface area contributed by atoms with Crippen molar-refractivity contribution in [2.45, 2.75) is 44.9 Å². The molecule has 0 spiro atoms. The van der Waals surface area contributed by atoms with E-state index in [1.807, 2.05) is 0 Å². The predicted molar refractivity (Wildman–Crippen MR) is 75.1 cm³/mol. The molecule has 0 aliphatic heterocycles. The topological polar surface area (TPSA) is 127 Å². The molecule has 0 aromatic rings. The molecule has 0 saturated heterocycles. The molecule has 1 rings (SSSR count). The molecule has 0 heterocycles. The van der Waals surface area contributed by atoms with Crippen LogP contribution in [-0.4, -0.2) is 35.2 Å². The molecule has 116 valence electrons. The zero-order chi connectivity index (χ0) is 15.2. The van der Waals surface area contributed by atoms with Gasteiger partial charge in [0.15, 0.2) is 0 Å². The van der Waals surface area contributed by atoms with E-state index in [0.717, 1.165) is 25.7 Å². The van der Waals surface area contributed by atoms with Crippen LogP contribution in [0, 0.1) is 17.3 Å². The van der Waals surface area contributed by atoms with Crippen LogP contribution >= 0.6 is 0 Å². The highest BCUT2D eigenvalue weighted by Gasteiger charge is 2.44. The van der Waals surface area contributed by atoms with Crippen molar-refractivity contribution in [2.24, 2.45) is 28.7 Å². The van der Waals surface area contributed by atoms with E-state index in [2.05, 4.69) is 0 Å². The molecule has 6 nitrogen and oxygen atoms in total. The summed E-state index contributed by atoms with van der Waals surface area (Å²) in [6.07, 6.45) is 4.26. The van der Waals surface area contributed by atoms with Crippen molar-refractivity contribution < 1.29 is 19.8 Å². The lowest BCUT2D eigenvalue weighted by Gasteiger charge is -2.44. The minimum absolute atomic E-state index is 0.00471. The second-order valence-corrected chi connectivity index (χ2v) is 5.94. The van der Waals surface area contributed by atoms with Crippen molar-refractivity contribution in [3.63, 3.8) is 0 Å². The van der Waals surface area contributed by atoms with Gasteiger partial charge in [0.1, 0.15) is 0 Å². The third kappa shape index (κ3) is 4.18. The maximum absolute atomic E-state index is 11.6. The van der Waals surface area contributed by atoms with Gasteiger partial charge in [0.2, 0.25) is 0 Å². The SMILES string of the molecule is NCC1CCCC(CN)(C(CCCC(=O)O)C(=O)O)C1. The normalized spacial score (nSPS) is 28.0. The first-order valence-corrected chi connectivity index (χ1v) is 7.30. The molecule has 1 saturated carbocycles. The minimum atomic E-state index is -0.889. The maximum atomic E-state index is 11.6. The summed E-state index contributed by atoms with van der Waals surface area (Å²) in [5, 5.41) is 18.2. The number of aliphatic carboxylic acids is 2. The molecular weight excluding hydrogens is 260 g/mol. The highest BCUT2D eigenvalue weighted by atomic mass is 16.4. The summed E-state index contributed by atoms with van der Waals surface area (Å²) in [5.74, 6) is -1.99. The monoisotopic (exact) mass is 286 g/mol. The van der Waals surface area contributed by atoms with E-state index in [1.54, 1.807) is 0 Å². The van der Waals surface area contributed by atoms with Gasteiger partial charge in [0, 0.05) is 6.42 Å². The van der Waals surface area contributed by atoms with Crippen LogP contribution in [0.2, 0.25) is 0 Å².